The molecule has 0 amide bonds. The second-order valence-electron chi connectivity index (χ2n) is 6.34. The van der Waals surface area contributed by atoms with E-state index in [2.05, 4.69) is 12.0 Å². The van der Waals surface area contributed by atoms with Crippen LogP contribution in [-0.4, -0.2) is 31.7 Å². The lowest BCUT2D eigenvalue weighted by atomic mass is 10.1. The summed E-state index contributed by atoms with van der Waals surface area (Å²) >= 11 is 1.52. The van der Waals surface area contributed by atoms with Gasteiger partial charge >= 0.3 is 0 Å². The second-order valence-corrected chi connectivity index (χ2v) is 7.32. The molecule has 0 aliphatic carbocycles. The Morgan fingerprint density at radius 3 is 2.67 bits per heavy atom. The van der Waals surface area contributed by atoms with Gasteiger partial charge in [-0.2, -0.15) is 14.6 Å². The molecular weight excluding hydrogens is 358 g/mol. The summed E-state index contributed by atoms with van der Waals surface area (Å²) in [6.07, 6.45) is 2.65. The number of nitrogens with zero attached hydrogens (tertiary/aromatic N) is 5. The Morgan fingerprint density at radius 2 is 1.96 bits per heavy atom. The number of rotatable bonds is 6. The molecule has 1 unspecified atom stereocenters. The summed E-state index contributed by atoms with van der Waals surface area (Å²) < 4.78 is 1.71. The van der Waals surface area contributed by atoms with Crippen molar-refractivity contribution in [3.05, 3.63) is 70.3 Å². The van der Waals surface area contributed by atoms with E-state index in [9.17, 15) is 5.11 Å². The van der Waals surface area contributed by atoms with Crippen molar-refractivity contribution in [3.63, 3.8) is 0 Å². The molecule has 0 spiro atoms. The number of aryl methyl sites for hydroxylation is 1. The van der Waals surface area contributed by atoms with Crippen LogP contribution in [0.4, 0.5) is 11.6 Å². The van der Waals surface area contributed by atoms with Crippen LogP contribution in [0.2, 0.25) is 0 Å². The fraction of sp³-hybridized carbons (Fsp3) is 0.250. The number of para-hydroxylation sites is 1. The Balaban J connectivity index is 1.86. The molecule has 1 N–H and O–H groups in total. The minimum absolute atomic E-state index is 0.645. The summed E-state index contributed by atoms with van der Waals surface area (Å²) in [5, 5.41) is 17.3. The zero-order valence-electron chi connectivity index (χ0n) is 15.3. The van der Waals surface area contributed by atoms with Crippen molar-refractivity contribution in [2.24, 2.45) is 0 Å². The number of fused-ring (bicyclic) bond motifs is 1. The first-order chi connectivity index (χ1) is 13.2. The van der Waals surface area contributed by atoms with E-state index >= 15 is 0 Å². The van der Waals surface area contributed by atoms with Crippen molar-refractivity contribution in [2.75, 3.05) is 11.9 Å². The molecule has 0 bridgehead atoms. The number of aliphatic hydroxyl groups is 1. The van der Waals surface area contributed by atoms with Gasteiger partial charge in [0.1, 0.15) is 11.9 Å². The molecule has 0 fully saturated rings. The molecule has 27 heavy (non-hydrogen) atoms. The van der Waals surface area contributed by atoms with Gasteiger partial charge in [0.2, 0.25) is 5.95 Å². The predicted octanol–water partition coefficient (Wildman–Crippen LogP) is 3.99. The number of thiophene rings is 1. The molecule has 4 aromatic rings. The summed E-state index contributed by atoms with van der Waals surface area (Å²) in [6, 6.07) is 13.9. The topological polar surface area (TPSA) is 66.6 Å². The van der Waals surface area contributed by atoms with Crippen LogP contribution in [0, 0.1) is 0 Å². The minimum atomic E-state index is -0.748. The molecule has 0 aliphatic heterocycles. The van der Waals surface area contributed by atoms with Gasteiger partial charge in [-0.15, -0.1) is 11.3 Å². The molecule has 3 aromatic heterocycles. The van der Waals surface area contributed by atoms with Gasteiger partial charge in [-0.05, 0) is 30.0 Å². The average Bonchev–Trinajstić information content (AvgIpc) is 3.37. The third-order valence-corrected chi connectivity index (χ3v) is 5.37. The van der Waals surface area contributed by atoms with Crippen LogP contribution in [0.15, 0.2) is 54.0 Å². The summed E-state index contributed by atoms with van der Waals surface area (Å²) in [7, 11) is 1.96. The zero-order chi connectivity index (χ0) is 18.8. The van der Waals surface area contributed by atoms with Crippen LogP contribution in [0.3, 0.4) is 0 Å². The van der Waals surface area contributed by atoms with Crippen LogP contribution < -0.4 is 4.90 Å². The highest BCUT2D eigenvalue weighted by atomic mass is 32.1. The van der Waals surface area contributed by atoms with E-state index in [0.717, 1.165) is 29.2 Å². The lowest BCUT2D eigenvalue weighted by molar-refractivity contribution is 0.225. The molecule has 7 heteroatoms. The van der Waals surface area contributed by atoms with E-state index < -0.39 is 6.10 Å². The van der Waals surface area contributed by atoms with E-state index in [0.29, 0.717) is 17.2 Å². The van der Waals surface area contributed by atoms with Crippen molar-refractivity contribution in [1.29, 1.82) is 0 Å². The first-order valence-corrected chi connectivity index (χ1v) is 9.81. The third kappa shape index (κ3) is 3.31. The molecule has 0 saturated carbocycles. The summed E-state index contributed by atoms with van der Waals surface area (Å²) in [5.41, 5.74) is 2.35. The second kappa shape index (κ2) is 7.46. The Bertz CT molecular complexity index is 1030. The van der Waals surface area contributed by atoms with Gasteiger partial charge in [0.15, 0.2) is 5.65 Å². The molecular formula is C20H21N5OS. The summed E-state index contributed by atoms with van der Waals surface area (Å²) in [4.78, 5) is 12.3. The normalized spacial score (nSPS) is 12.4. The van der Waals surface area contributed by atoms with E-state index in [1.165, 1.54) is 11.3 Å². The maximum atomic E-state index is 10.8. The Morgan fingerprint density at radius 1 is 1.15 bits per heavy atom. The van der Waals surface area contributed by atoms with Gasteiger partial charge in [0, 0.05) is 24.0 Å². The van der Waals surface area contributed by atoms with Crippen LogP contribution in [-0.2, 0) is 6.42 Å². The maximum absolute atomic E-state index is 10.8. The highest BCUT2D eigenvalue weighted by molar-refractivity contribution is 7.10. The van der Waals surface area contributed by atoms with E-state index in [4.69, 9.17) is 9.97 Å². The van der Waals surface area contributed by atoms with E-state index in [-0.39, 0.29) is 0 Å². The SMILES string of the molecule is CCCc1nc(N(C)c2ccccc2)n2ncc(C(O)c3cccs3)c2n1. The van der Waals surface area contributed by atoms with Crippen LogP contribution in [0.5, 0.6) is 0 Å². The number of hydrogen-bond acceptors (Lipinski definition) is 6. The number of aromatic nitrogens is 4. The van der Waals surface area contributed by atoms with Crippen molar-refractivity contribution >= 4 is 28.6 Å². The van der Waals surface area contributed by atoms with E-state index in [1.54, 1.807) is 10.7 Å². The van der Waals surface area contributed by atoms with Gasteiger partial charge < -0.3 is 10.0 Å². The molecule has 0 aliphatic rings. The fourth-order valence-corrected chi connectivity index (χ4v) is 3.76. The van der Waals surface area contributed by atoms with Gasteiger partial charge in [0.25, 0.3) is 0 Å². The number of anilines is 2. The van der Waals surface area contributed by atoms with Crippen molar-refractivity contribution in [1.82, 2.24) is 19.6 Å². The lowest BCUT2D eigenvalue weighted by Gasteiger charge is -2.19. The fourth-order valence-electron chi connectivity index (χ4n) is 3.04. The quantitative estimate of drug-likeness (QED) is 0.549. The molecule has 0 saturated heterocycles. The van der Waals surface area contributed by atoms with Gasteiger partial charge in [0.05, 0.1) is 11.8 Å². The largest absolute Gasteiger partial charge is 0.383 e. The molecule has 4 rings (SSSR count). The first-order valence-electron chi connectivity index (χ1n) is 8.94. The van der Waals surface area contributed by atoms with Gasteiger partial charge in [-0.1, -0.05) is 31.2 Å². The Kier molecular flexibility index (Phi) is 4.87. The number of aliphatic hydroxyl groups excluding tert-OH is 1. The molecule has 1 atom stereocenters. The van der Waals surface area contributed by atoms with Crippen molar-refractivity contribution in [3.8, 4) is 0 Å². The molecule has 138 valence electrons. The molecule has 6 nitrogen and oxygen atoms in total. The summed E-state index contributed by atoms with van der Waals surface area (Å²) in [5.74, 6) is 1.43. The van der Waals surface area contributed by atoms with Gasteiger partial charge in [-0.3, -0.25) is 0 Å². The summed E-state index contributed by atoms with van der Waals surface area (Å²) in [6.45, 7) is 2.10. The zero-order valence-corrected chi connectivity index (χ0v) is 16.1. The van der Waals surface area contributed by atoms with Crippen molar-refractivity contribution in [2.45, 2.75) is 25.9 Å². The number of benzene rings is 1. The van der Waals surface area contributed by atoms with Gasteiger partial charge in [-0.25, -0.2) is 4.98 Å². The Labute approximate surface area is 161 Å². The smallest absolute Gasteiger partial charge is 0.234 e. The molecule has 3 heterocycles. The van der Waals surface area contributed by atoms with Crippen LogP contribution in [0.1, 0.15) is 35.7 Å². The number of hydrogen-bond donors (Lipinski definition) is 1. The predicted molar refractivity (Wildman–Crippen MR) is 108 cm³/mol. The van der Waals surface area contributed by atoms with Crippen LogP contribution in [0.25, 0.3) is 5.65 Å². The van der Waals surface area contributed by atoms with Crippen molar-refractivity contribution < 1.29 is 5.11 Å². The maximum Gasteiger partial charge on any atom is 0.234 e. The monoisotopic (exact) mass is 379 g/mol. The standard InChI is InChI=1S/C20H21N5OS/c1-3-8-17-22-19-15(18(26)16-11-7-12-27-16)13-21-25(19)20(23-17)24(2)14-9-5-4-6-10-14/h4-7,9-13,18,26H,3,8H2,1-2H3. The van der Waals surface area contributed by atoms with E-state index in [1.807, 2.05) is 59.8 Å². The molecule has 1 aromatic carbocycles. The van der Waals surface area contributed by atoms with Crippen LogP contribution >= 0.6 is 11.3 Å². The highest BCUT2D eigenvalue weighted by Gasteiger charge is 2.22. The first kappa shape index (κ1) is 17.6. The third-order valence-electron chi connectivity index (χ3n) is 4.45. The average molecular weight is 379 g/mol. The molecule has 0 radical (unpaired) electrons. The Hall–Kier alpha value is -2.77. The lowest BCUT2D eigenvalue weighted by Crippen LogP contribution is -2.18. The minimum Gasteiger partial charge on any atom is -0.383 e. The highest BCUT2D eigenvalue weighted by Crippen LogP contribution is 2.30.